The highest BCUT2D eigenvalue weighted by atomic mass is 16.4. The molecule has 9 N–H and O–H groups in total. The van der Waals surface area contributed by atoms with Crippen molar-refractivity contribution in [1.82, 2.24) is 16.0 Å². The molecule has 4 atom stereocenters. The van der Waals surface area contributed by atoms with Gasteiger partial charge in [-0.3, -0.25) is 24.0 Å². The Kier molecular flexibility index (Phi) is 12.7. The zero-order valence-electron chi connectivity index (χ0n) is 19.3. The van der Waals surface area contributed by atoms with E-state index in [4.69, 9.17) is 16.6 Å². The summed E-state index contributed by atoms with van der Waals surface area (Å²) in [6.07, 6.45) is -1.41. The number of hydrogen-bond donors (Lipinski definition) is 7. The molecule has 0 saturated carbocycles. The summed E-state index contributed by atoms with van der Waals surface area (Å²) >= 11 is 0. The summed E-state index contributed by atoms with van der Waals surface area (Å²) in [5.74, 6) is -6.30. The van der Waals surface area contributed by atoms with E-state index in [1.165, 1.54) is 0 Å². The number of rotatable bonds is 15. The van der Waals surface area contributed by atoms with Crippen molar-refractivity contribution < 1.29 is 39.0 Å². The Morgan fingerprint density at radius 3 is 1.67 bits per heavy atom. The minimum absolute atomic E-state index is 0.191. The first kappa shape index (κ1) is 29.8. The molecule has 4 amide bonds. The van der Waals surface area contributed by atoms with E-state index in [1.807, 2.05) is 0 Å². The van der Waals surface area contributed by atoms with Gasteiger partial charge in [0.15, 0.2) is 0 Å². The number of primary amides is 1. The molecule has 0 aliphatic rings. The quantitative estimate of drug-likeness (QED) is 0.143. The number of carboxylic acids is 2. The van der Waals surface area contributed by atoms with Crippen molar-refractivity contribution >= 4 is 35.6 Å². The van der Waals surface area contributed by atoms with E-state index >= 15 is 0 Å². The lowest BCUT2D eigenvalue weighted by molar-refractivity contribution is -0.143. The van der Waals surface area contributed by atoms with E-state index in [-0.39, 0.29) is 25.2 Å². The first-order valence-corrected chi connectivity index (χ1v) is 10.6. The Morgan fingerprint density at radius 1 is 0.727 bits per heavy atom. The van der Waals surface area contributed by atoms with Gasteiger partial charge in [0.2, 0.25) is 23.6 Å². The molecule has 0 aromatic rings. The third-order valence-corrected chi connectivity index (χ3v) is 4.84. The summed E-state index contributed by atoms with van der Waals surface area (Å²) in [7, 11) is 0. The Bertz CT molecular complexity index is 740. The van der Waals surface area contributed by atoms with Gasteiger partial charge in [0.1, 0.15) is 18.1 Å². The third kappa shape index (κ3) is 11.3. The Labute approximate surface area is 192 Å². The first-order valence-electron chi connectivity index (χ1n) is 10.6. The first-order chi connectivity index (χ1) is 15.2. The van der Waals surface area contributed by atoms with Crippen LogP contribution in [0.4, 0.5) is 0 Å². The minimum Gasteiger partial charge on any atom is -0.481 e. The van der Waals surface area contributed by atoms with Gasteiger partial charge in [0.25, 0.3) is 0 Å². The van der Waals surface area contributed by atoms with E-state index in [9.17, 15) is 33.9 Å². The maximum absolute atomic E-state index is 12.8. The van der Waals surface area contributed by atoms with Crippen LogP contribution in [0.3, 0.4) is 0 Å². The summed E-state index contributed by atoms with van der Waals surface area (Å²) < 4.78 is 0. The molecule has 0 aliphatic carbocycles. The van der Waals surface area contributed by atoms with Gasteiger partial charge in [-0.1, -0.05) is 27.7 Å². The van der Waals surface area contributed by atoms with Gasteiger partial charge in [-0.2, -0.15) is 0 Å². The van der Waals surface area contributed by atoms with Crippen molar-refractivity contribution in [3.8, 4) is 0 Å². The van der Waals surface area contributed by atoms with E-state index in [1.54, 1.807) is 27.7 Å². The molecule has 0 saturated heterocycles. The van der Waals surface area contributed by atoms with Crippen LogP contribution in [0.1, 0.15) is 53.4 Å². The fourth-order valence-corrected chi connectivity index (χ4v) is 2.70. The SMILES string of the molecule is CC(C)C(N)C(=O)NC(C(=O)NC(CCC(=O)O)C(=O)NC(CCC(N)=O)C(=O)O)C(C)C. The summed E-state index contributed by atoms with van der Waals surface area (Å²) in [6.45, 7) is 6.78. The van der Waals surface area contributed by atoms with Crippen LogP contribution in [0.25, 0.3) is 0 Å². The van der Waals surface area contributed by atoms with Gasteiger partial charge in [0, 0.05) is 12.8 Å². The smallest absolute Gasteiger partial charge is 0.326 e. The predicted molar refractivity (Wildman–Crippen MR) is 116 cm³/mol. The van der Waals surface area contributed by atoms with Crippen molar-refractivity contribution in [3.63, 3.8) is 0 Å². The molecule has 0 aromatic carbocycles. The van der Waals surface area contributed by atoms with Gasteiger partial charge < -0.3 is 37.6 Å². The van der Waals surface area contributed by atoms with E-state index in [0.717, 1.165) is 0 Å². The normalized spacial score (nSPS) is 14.6. The molecule has 0 aromatic heterocycles. The molecule has 33 heavy (non-hydrogen) atoms. The van der Waals surface area contributed by atoms with Crippen molar-refractivity contribution in [2.45, 2.75) is 77.5 Å². The molecule has 0 radical (unpaired) electrons. The van der Waals surface area contributed by atoms with E-state index in [2.05, 4.69) is 16.0 Å². The Balaban J connectivity index is 5.53. The monoisotopic (exact) mass is 473 g/mol. The summed E-state index contributed by atoms with van der Waals surface area (Å²) in [6, 6.07) is -4.82. The molecule has 0 bridgehead atoms. The third-order valence-electron chi connectivity index (χ3n) is 4.84. The van der Waals surface area contributed by atoms with Gasteiger partial charge >= 0.3 is 11.9 Å². The lowest BCUT2D eigenvalue weighted by Crippen LogP contribution is -2.58. The fourth-order valence-electron chi connectivity index (χ4n) is 2.70. The molecule has 0 fully saturated rings. The highest BCUT2D eigenvalue weighted by molar-refractivity contribution is 5.94. The van der Waals surface area contributed by atoms with Crippen LogP contribution in [-0.4, -0.2) is 69.9 Å². The average Bonchev–Trinajstić information content (AvgIpc) is 2.69. The zero-order valence-corrected chi connectivity index (χ0v) is 19.3. The minimum atomic E-state index is -1.47. The van der Waals surface area contributed by atoms with Crippen LogP contribution in [0.15, 0.2) is 0 Å². The van der Waals surface area contributed by atoms with E-state index < -0.39 is 72.1 Å². The largest absolute Gasteiger partial charge is 0.481 e. The van der Waals surface area contributed by atoms with Gasteiger partial charge in [-0.25, -0.2) is 4.79 Å². The topological polar surface area (TPSA) is 231 Å². The Morgan fingerprint density at radius 2 is 1.24 bits per heavy atom. The number of nitrogens with one attached hydrogen (secondary N) is 3. The molecule has 0 spiro atoms. The molecule has 188 valence electrons. The van der Waals surface area contributed by atoms with Crippen molar-refractivity contribution in [2.75, 3.05) is 0 Å². The molecule has 0 aliphatic heterocycles. The number of amides is 4. The predicted octanol–water partition coefficient (Wildman–Crippen LogP) is -1.70. The maximum atomic E-state index is 12.8. The fraction of sp³-hybridized carbons (Fsp3) is 0.700. The second kappa shape index (κ2) is 14.0. The second-order valence-corrected chi connectivity index (χ2v) is 8.40. The molecule has 4 unspecified atom stereocenters. The van der Waals surface area contributed by atoms with Crippen molar-refractivity contribution in [2.24, 2.45) is 23.3 Å². The molecule has 0 rings (SSSR count). The van der Waals surface area contributed by atoms with E-state index in [0.29, 0.717) is 0 Å². The summed E-state index contributed by atoms with van der Waals surface area (Å²) in [4.78, 5) is 71.1. The number of carbonyl (C=O) groups excluding carboxylic acids is 4. The number of hydrogen-bond acceptors (Lipinski definition) is 7. The molecular weight excluding hydrogens is 438 g/mol. The molecule has 13 nitrogen and oxygen atoms in total. The van der Waals surface area contributed by atoms with Crippen molar-refractivity contribution in [3.05, 3.63) is 0 Å². The van der Waals surface area contributed by atoms with Crippen LogP contribution in [-0.2, 0) is 28.8 Å². The standard InChI is InChI=1S/C20H35N5O8/c1-9(2)15(22)18(30)25-16(10(3)4)19(31)23-11(6-8-14(27)28)17(29)24-12(20(32)33)5-7-13(21)26/h9-12,15-16H,5-8,22H2,1-4H3,(H2,21,26)(H,23,31)(H,24,29)(H,25,30)(H,27,28)(H,32,33). The molecular formula is C20H35N5O8. The van der Waals surface area contributed by atoms with Crippen molar-refractivity contribution in [1.29, 1.82) is 0 Å². The molecule has 13 heteroatoms. The zero-order chi connectivity index (χ0) is 25.9. The van der Waals surface area contributed by atoms with Crippen LogP contribution < -0.4 is 27.4 Å². The molecule has 0 heterocycles. The van der Waals surface area contributed by atoms with Crippen LogP contribution in [0.5, 0.6) is 0 Å². The summed E-state index contributed by atoms with van der Waals surface area (Å²) in [5, 5.41) is 25.3. The Hall–Kier alpha value is -3.22. The lowest BCUT2D eigenvalue weighted by Gasteiger charge is -2.27. The lowest BCUT2D eigenvalue weighted by atomic mass is 9.99. The number of carbonyl (C=O) groups is 6. The van der Waals surface area contributed by atoms with Crippen LogP contribution >= 0.6 is 0 Å². The number of aliphatic carboxylic acids is 2. The van der Waals surface area contributed by atoms with Crippen LogP contribution in [0, 0.1) is 11.8 Å². The van der Waals surface area contributed by atoms with Crippen LogP contribution in [0.2, 0.25) is 0 Å². The second-order valence-electron chi connectivity index (χ2n) is 8.40. The van der Waals surface area contributed by atoms with Gasteiger partial charge in [-0.15, -0.1) is 0 Å². The highest BCUT2D eigenvalue weighted by Gasteiger charge is 2.32. The van der Waals surface area contributed by atoms with Gasteiger partial charge in [0.05, 0.1) is 6.04 Å². The number of carboxylic acid groups (broad SMARTS) is 2. The number of nitrogens with two attached hydrogens (primary N) is 2. The maximum Gasteiger partial charge on any atom is 0.326 e. The van der Waals surface area contributed by atoms with Gasteiger partial charge in [-0.05, 0) is 24.7 Å². The average molecular weight is 474 g/mol. The highest BCUT2D eigenvalue weighted by Crippen LogP contribution is 2.08. The summed E-state index contributed by atoms with van der Waals surface area (Å²) in [5.41, 5.74) is 10.8.